The Bertz CT molecular complexity index is 508. The summed E-state index contributed by atoms with van der Waals surface area (Å²) < 4.78 is 12.9. The first-order valence-corrected chi connectivity index (χ1v) is 7.89. The molecule has 1 aromatic carbocycles. The minimum Gasteiger partial charge on any atom is -0.331 e. The van der Waals surface area contributed by atoms with E-state index >= 15 is 0 Å². The van der Waals surface area contributed by atoms with Crippen LogP contribution in [0.15, 0.2) is 24.3 Å². The molecule has 0 unspecified atom stereocenters. The Morgan fingerprint density at radius 2 is 1.73 bits per heavy atom. The molecule has 0 spiro atoms. The highest BCUT2D eigenvalue weighted by Gasteiger charge is 2.24. The van der Waals surface area contributed by atoms with Crippen molar-refractivity contribution >= 4 is 17.5 Å². The van der Waals surface area contributed by atoms with Crippen LogP contribution in [0, 0.1) is 5.82 Å². The van der Waals surface area contributed by atoms with Crippen LogP contribution in [0.4, 0.5) is 10.1 Å². The molecule has 0 saturated heterocycles. The van der Waals surface area contributed by atoms with Crippen LogP contribution in [-0.4, -0.2) is 29.3 Å². The van der Waals surface area contributed by atoms with E-state index < -0.39 is 0 Å². The second-order valence-corrected chi connectivity index (χ2v) is 5.85. The van der Waals surface area contributed by atoms with Gasteiger partial charge in [-0.2, -0.15) is 0 Å². The molecular formula is C17H23FN2O2. The number of anilines is 1. The summed E-state index contributed by atoms with van der Waals surface area (Å²) in [5, 5.41) is 2.71. The lowest BCUT2D eigenvalue weighted by Gasteiger charge is -2.29. The largest absolute Gasteiger partial charge is 0.331 e. The zero-order valence-electron chi connectivity index (χ0n) is 13.0. The summed E-state index contributed by atoms with van der Waals surface area (Å²) in [4.78, 5) is 25.7. The van der Waals surface area contributed by atoms with Gasteiger partial charge in [-0.3, -0.25) is 9.59 Å². The number of rotatable bonds is 4. The molecule has 0 radical (unpaired) electrons. The number of carbonyl (C=O) groups is 2. The molecule has 1 aliphatic carbocycles. The highest BCUT2D eigenvalue weighted by Crippen LogP contribution is 2.22. The summed E-state index contributed by atoms with van der Waals surface area (Å²) >= 11 is 0. The highest BCUT2D eigenvalue weighted by atomic mass is 19.1. The van der Waals surface area contributed by atoms with Gasteiger partial charge in [0.25, 0.3) is 0 Å². The lowest BCUT2D eigenvalue weighted by Crippen LogP contribution is -2.43. The van der Waals surface area contributed by atoms with E-state index in [0.717, 1.165) is 25.7 Å². The van der Waals surface area contributed by atoms with E-state index in [2.05, 4.69) is 5.32 Å². The van der Waals surface area contributed by atoms with Crippen LogP contribution >= 0.6 is 0 Å². The second kappa shape index (κ2) is 7.92. The van der Waals surface area contributed by atoms with Gasteiger partial charge in [0.1, 0.15) is 12.4 Å². The van der Waals surface area contributed by atoms with Crippen LogP contribution in [0.2, 0.25) is 0 Å². The van der Waals surface area contributed by atoms with Crippen LogP contribution in [0.3, 0.4) is 0 Å². The monoisotopic (exact) mass is 306 g/mol. The van der Waals surface area contributed by atoms with E-state index in [-0.39, 0.29) is 30.2 Å². The van der Waals surface area contributed by atoms with Crippen molar-refractivity contribution in [1.29, 1.82) is 0 Å². The summed E-state index contributed by atoms with van der Waals surface area (Å²) in [5.74, 6) is -0.658. The predicted molar refractivity (Wildman–Crippen MR) is 83.9 cm³/mol. The third kappa shape index (κ3) is 4.83. The summed E-state index contributed by atoms with van der Waals surface area (Å²) in [5.41, 5.74) is 0.538. The number of hydrogen-bond acceptors (Lipinski definition) is 2. The molecule has 1 aromatic rings. The minimum atomic E-state index is -0.346. The molecule has 120 valence electrons. The Kier molecular flexibility index (Phi) is 5.92. The van der Waals surface area contributed by atoms with Crippen molar-refractivity contribution in [1.82, 2.24) is 4.90 Å². The Balaban J connectivity index is 1.96. The Hall–Kier alpha value is -1.91. The minimum absolute atomic E-state index is 0.0530. The highest BCUT2D eigenvalue weighted by molar-refractivity contribution is 5.94. The van der Waals surface area contributed by atoms with Crippen molar-refractivity contribution in [3.8, 4) is 0 Å². The average molecular weight is 306 g/mol. The molecule has 1 aliphatic rings. The summed E-state index contributed by atoms with van der Waals surface area (Å²) in [6.45, 7) is 1.56. The maximum Gasteiger partial charge on any atom is 0.244 e. The molecule has 1 fully saturated rings. The Labute approximate surface area is 130 Å². The number of nitrogens with one attached hydrogen (secondary N) is 1. The van der Waals surface area contributed by atoms with Crippen molar-refractivity contribution in [3.63, 3.8) is 0 Å². The first kappa shape index (κ1) is 16.5. The van der Waals surface area contributed by atoms with Crippen molar-refractivity contribution in [2.24, 2.45) is 0 Å². The number of halogens is 1. The Morgan fingerprint density at radius 3 is 2.27 bits per heavy atom. The van der Waals surface area contributed by atoms with Gasteiger partial charge < -0.3 is 10.2 Å². The SMILES string of the molecule is CC(=O)N(CC(=O)Nc1ccc(F)cc1)C1CCCCCC1. The van der Waals surface area contributed by atoms with Crippen LogP contribution in [-0.2, 0) is 9.59 Å². The smallest absolute Gasteiger partial charge is 0.244 e. The molecule has 0 heterocycles. The third-order valence-electron chi connectivity index (χ3n) is 4.11. The standard InChI is InChI=1S/C17H23FN2O2/c1-13(21)20(16-6-4-2-3-5-7-16)12-17(22)19-15-10-8-14(18)9-11-15/h8-11,16H,2-7,12H2,1H3,(H,19,22). The molecule has 22 heavy (non-hydrogen) atoms. The van der Waals surface area contributed by atoms with E-state index in [1.54, 1.807) is 4.90 Å². The zero-order valence-corrected chi connectivity index (χ0v) is 13.0. The molecule has 2 amide bonds. The van der Waals surface area contributed by atoms with Crippen molar-refractivity contribution in [3.05, 3.63) is 30.1 Å². The van der Waals surface area contributed by atoms with Gasteiger partial charge in [0, 0.05) is 18.7 Å². The maximum atomic E-state index is 12.9. The summed E-state index contributed by atoms with van der Waals surface area (Å²) in [6.07, 6.45) is 6.53. The lowest BCUT2D eigenvalue weighted by atomic mass is 10.1. The number of benzene rings is 1. The molecule has 2 rings (SSSR count). The first-order chi connectivity index (χ1) is 10.6. The number of hydrogen-bond donors (Lipinski definition) is 1. The third-order valence-corrected chi connectivity index (χ3v) is 4.11. The molecule has 0 bridgehead atoms. The molecule has 0 atom stereocenters. The quantitative estimate of drug-likeness (QED) is 0.867. The lowest BCUT2D eigenvalue weighted by molar-refractivity contribution is -0.135. The van der Waals surface area contributed by atoms with Crippen molar-refractivity contribution in [2.45, 2.75) is 51.5 Å². The van der Waals surface area contributed by atoms with Crippen LogP contribution in [0.25, 0.3) is 0 Å². The van der Waals surface area contributed by atoms with E-state index in [9.17, 15) is 14.0 Å². The average Bonchev–Trinajstić information content (AvgIpc) is 2.76. The summed E-state index contributed by atoms with van der Waals surface area (Å²) in [7, 11) is 0. The van der Waals surface area contributed by atoms with E-state index in [0.29, 0.717) is 5.69 Å². The van der Waals surface area contributed by atoms with Gasteiger partial charge in [-0.1, -0.05) is 25.7 Å². The topological polar surface area (TPSA) is 49.4 Å². The molecule has 4 nitrogen and oxygen atoms in total. The van der Waals surface area contributed by atoms with Crippen molar-refractivity contribution < 1.29 is 14.0 Å². The fourth-order valence-corrected chi connectivity index (χ4v) is 2.96. The molecular weight excluding hydrogens is 283 g/mol. The molecule has 0 aromatic heterocycles. The van der Waals surface area contributed by atoms with E-state index in [4.69, 9.17) is 0 Å². The molecule has 0 aliphatic heterocycles. The fraction of sp³-hybridized carbons (Fsp3) is 0.529. The zero-order chi connectivity index (χ0) is 15.9. The van der Waals surface area contributed by atoms with Gasteiger partial charge in [-0.15, -0.1) is 0 Å². The normalized spacial score (nSPS) is 15.9. The van der Waals surface area contributed by atoms with Crippen LogP contribution in [0.5, 0.6) is 0 Å². The fourth-order valence-electron chi connectivity index (χ4n) is 2.96. The number of amides is 2. The Morgan fingerprint density at radius 1 is 1.14 bits per heavy atom. The predicted octanol–water partition coefficient (Wildman–Crippen LogP) is 3.34. The van der Waals surface area contributed by atoms with Crippen LogP contribution in [0.1, 0.15) is 45.4 Å². The number of carbonyl (C=O) groups excluding carboxylic acids is 2. The van der Waals surface area contributed by atoms with Gasteiger partial charge in [0.15, 0.2) is 0 Å². The first-order valence-electron chi connectivity index (χ1n) is 7.89. The molecule has 1 N–H and O–H groups in total. The van der Waals surface area contributed by atoms with Gasteiger partial charge in [0.2, 0.25) is 11.8 Å². The summed E-state index contributed by atoms with van der Waals surface area (Å²) in [6, 6.07) is 5.76. The van der Waals surface area contributed by atoms with Gasteiger partial charge in [-0.25, -0.2) is 4.39 Å². The van der Waals surface area contributed by atoms with Crippen molar-refractivity contribution in [2.75, 3.05) is 11.9 Å². The van der Waals surface area contributed by atoms with Crippen LogP contribution < -0.4 is 5.32 Å². The maximum absolute atomic E-state index is 12.9. The van der Waals surface area contributed by atoms with E-state index in [1.807, 2.05) is 0 Å². The van der Waals surface area contributed by atoms with E-state index in [1.165, 1.54) is 44.0 Å². The molecule has 5 heteroatoms. The molecule has 1 saturated carbocycles. The van der Waals surface area contributed by atoms with Gasteiger partial charge in [-0.05, 0) is 37.1 Å². The van der Waals surface area contributed by atoms with Gasteiger partial charge in [0.05, 0.1) is 0 Å². The van der Waals surface area contributed by atoms with Gasteiger partial charge >= 0.3 is 0 Å². The second-order valence-electron chi connectivity index (χ2n) is 5.85. The number of nitrogens with zero attached hydrogens (tertiary/aromatic N) is 1.